The average molecular weight is 322 g/mol. The maximum absolute atomic E-state index is 10.1. The van der Waals surface area contributed by atoms with Crippen LogP contribution >= 0.6 is 0 Å². The molecule has 25 heavy (non-hydrogen) atoms. The smallest absolute Gasteiger partial charge is 0.0997 e. The zero-order valence-electron chi connectivity index (χ0n) is 14.6. The van der Waals surface area contributed by atoms with Crippen molar-refractivity contribution in [3.05, 3.63) is 81.4 Å². The van der Waals surface area contributed by atoms with E-state index in [1.807, 2.05) is 31.2 Å². The molecule has 0 spiro atoms. The molecular weight excluding hydrogens is 304 g/mol. The minimum atomic E-state index is -0.514. The molecule has 0 saturated carbocycles. The lowest BCUT2D eigenvalue weighted by Crippen LogP contribution is -2.30. The number of hydrogen-bond donors (Lipinski definition) is 0. The van der Waals surface area contributed by atoms with E-state index in [1.54, 1.807) is 0 Å². The van der Waals surface area contributed by atoms with Gasteiger partial charge in [-0.1, -0.05) is 42.5 Å². The molecule has 2 aromatic carbocycles. The van der Waals surface area contributed by atoms with Gasteiger partial charge in [-0.25, -0.2) is 0 Å². The van der Waals surface area contributed by atoms with Crippen molar-refractivity contribution in [1.82, 2.24) is 0 Å². The van der Waals surface area contributed by atoms with Crippen LogP contribution in [0.15, 0.2) is 53.6 Å². The highest BCUT2D eigenvalue weighted by atomic mass is 14.5. The van der Waals surface area contributed by atoms with Crippen molar-refractivity contribution in [1.29, 1.82) is 10.5 Å². The third-order valence-electron chi connectivity index (χ3n) is 5.94. The Kier molecular flexibility index (Phi) is 3.21. The van der Waals surface area contributed by atoms with Gasteiger partial charge in [0.05, 0.1) is 23.1 Å². The van der Waals surface area contributed by atoms with Gasteiger partial charge < -0.3 is 0 Å². The van der Waals surface area contributed by atoms with Crippen molar-refractivity contribution in [3.8, 4) is 12.1 Å². The second-order valence-corrected chi connectivity index (χ2v) is 7.03. The highest BCUT2D eigenvalue weighted by molar-refractivity contribution is 5.95. The fourth-order valence-electron chi connectivity index (χ4n) is 4.49. The predicted octanol–water partition coefficient (Wildman–Crippen LogP) is 5.10. The van der Waals surface area contributed by atoms with Crippen molar-refractivity contribution >= 4 is 11.1 Å². The standard InChI is InChI=1S/C23H18N2/c1-14-9-10-17-20(12-24)15(2)23(3)21(13-25)19(11-18(14)22(17)23)16-7-5-4-6-8-16/h4-10H,11H2,1-3H3. The minimum Gasteiger partial charge on any atom is -0.193 e. The summed E-state index contributed by atoms with van der Waals surface area (Å²) >= 11 is 0. The normalized spacial score (nSPS) is 21.0. The molecule has 0 amide bonds. The predicted molar refractivity (Wildman–Crippen MR) is 99.4 cm³/mol. The van der Waals surface area contributed by atoms with Crippen LogP contribution in [0.3, 0.4) is 0 Å². The molecule has 2 aromatic rings. The van der Waals surface area contributed by atoms with Crippen LogP contribution in [-0.2, 0) is 11.8 Å². The number of rotatable bonds is 1. The van der Waals surface area contributed by atoms with E-state index in [9.17, 15) is 10.5 Å². The van der Waals surface area contributed by atoms with Crippen LogP contribution in [0.2, 0.25) is 0 Å². The molecule has 0 radical (unpaired) electrons. The van der Waals surface area contributed by atoms with Gasteiger partial charge in [-0.05, 0) is 66.2 Å². The van der Waals surface area contributed by atoms with Crippen LogP contribution in [0.5, 0.6) is 0 Å². The minimum absolute atomic E-state index is 0.514. The molecule has 1 unspecified atom stereocenters. The Morgan fingerprint density at radius 1 is 0.960 bits per heavy atom. The van der Waals surface area contributed by atoms with E-state index in [0.29, 0.717) is 0 Å². The molecule has 0 fully saturated rings. The fraction of sp³-hybridized carbons (Fsp3) is 0.217. The molecule has 2 aliphatic carbocycles. The molecule has 0 saturated heterocycles. The van der Waals surface area contributed by atoms with E-state index in [2.05, 4.69) is 44.2 Å². The molecule has 2 heteroatoms. The third kappa shape index (κ3) is 1.83. The van der Waals surface area contributed by atoms with Gasteiger partial charge in [-0.2, -0.15) is 10.5 Å². The van der Waals surface area contributed by atoms with Crippen molar-refractivity contribution < 1.29 is 0 Å². The summed E-state index contributed by atoms with van der Waals surface area (Å²) in [5.41, 5.74) is 8.81. The van der Waals surface area contributed by atoms with E-state index in [4.69, 9.17) is 0 Å². The molecule has 1 atom stereocenters. The summed E-state index contributed by atoms with van der Waals surface area (Å²) in [6.45, 7) is 6.23. The van der Waals surface area contributed by atoms with Gasteiger partial charge in [0.1, 0.15) is 0 Å². The topological polar surface area (TPSA) is 47.6 Å². The quantitative estimate of drug-likeness (QED) is 0.733. The highest BCUT2D eigenvalue weighted by Crippen LogP contribution is 2.56. The van der Waals surface area contributed by atoms with E-state index in [-0.39, 0.29) is 0 Å². The van der Waals surface area contributed by atoms with E-state index >= 15 is 0 Å². The zero-order valence-corrected chi connectivity index (χ0v) is 14.6. The largest absolute Gasteiger partial charge is 0.193 e. The second-order valence-electron chi connectivity index (χ2n) is 7.03. The SMILES string of the molecule is CC1=C(C#N)c2ccc(C)c3c2C1(C)C(C#N)=C(c1ccccc1)C3. The summed E-state index contributed by atoms with van der Waals surface area (Å²) < 4.78 is 0. The first kappa shape index (κ1) is 15.4. The Hall–Kier alpha value is -3.10. The van der Waals surface area contributed by atoms with Crippen LogP contribution in [-0.4, -0.2) is 0 Å². The summed E-state index contributed by atoms with van der Waals surface area (Å²) in [4.78, 5) is 0. The molecule has 0 aromatic heterocycles. The average Bonchev–Trinajstić information content (AvgIpc) is 2.86. The van der Waals surface area contributed by atoms with Crippen molar-refractivity contribution in [2.45, 2.75) is 32.6 Å². The molecule has 2 nitrogen and oxygen atoms in total. The lowest BCUT2D eigenvalue weighted by molar-refractivity contribution is 0.672. The Bertz CT molecular complexity index is 1060. The van der Waals surface area contributed by atoms with Crippen LogP contribution in [0.1, 0.15) is 41.7 Å². The van der Waals surface area contributed by atoms with Gasteiger partial charge in [-0.15, -0.1) is 0 Å². The first-order valence-corrected chi connectivity index (χ1v) is 8.48. The molecule has 0 N–H and O–H groups in total. The van der Waals surface area contributed by atoms with Gasteiger partial charge in [0.25, 0.3) is 0 Å². The highest BCUT2D eigenvalue weighted by Gasteiger charge is 2.48. The monoisotopic (exact) mass is 322 g/mol. The Balaban J connectivity index is 2.13. The number of aryl methyl sites for hydroxylation is 1. The molecule has 0 heterocycles. The van der Waals surface area contributed by atoms with Crippen molar-refractivity contribution in [2.75, 3.05) is 0 Å². The van der Waals surface area contributed by atoms with E-state index < -0.39 is 5.41 Å². The maximum atomic E-state index is 10.1. The Labute approximate surface area is 148 Å². The number of nitrogens with zero attached hydrogens (tertiary/aromatic N) is 2. The van der Waals surface area contributed by atoms with Crippen LogP contribution in [0.4, 0.5) is 0 Å². The van der Waals surface area contributed by atoms with Crippen LogP contribution in [0, 0.1) is 29.6 Å². The van der Waals surface area contributed by atoms with Crippen molar-refractivity contribution in [2.24, 2.45) is 0 Å². The molecule has 0 bridgehead atoms. The summed E-state index contributed by atoms with van der Waals surface area (Å²) in [5, 5.41) is 19.8. The van der Waals surface area contributed by atoms with Gasteiger partial charge in [0.15, 0.2) is 0 Å². The number of hydrogen-bond acceptors (Lipinski definition) is 2. The van der Waals surface area contributed by atoms with Gasteiger partial charge in [0.2, 0.25) is 0 Å². The molecule has 4 rings (SSSR count). The van der Waals surface area contributed by atoms with E-state index in [0.717, 1.165) is 45.4 Å². The van der Waals surface area contributed by atoms with Gasteiger partial charge >= 0.3 is 0 Å². The zero-order chi connectivity index (χ0) is 17.8. The third-order valence-corrected chi connectivity index (χ3v) is 5.94. The molecule has 0 aliphatic heterocycles. The van der Waals surface area contributed by atoms with Gasteiger partial charge in [-0.3, -0.25) is 0 Å². The number of allylic oxidation sites excluding steroid dienone is 4. The summed E-state index contributed by atoms with van der Waals surface area (Å²) in [7, 11) is 0. The summed E-state index contributed by atoms with van der Waals surface area (Å²) in [6.07, 6.45) is 0.740. The molecular formula is C23H18N2. The summed E-state index contributed by atoms with van der Waals surface area (Å²) in [5.74, 6) is 0. The van der Waals surface area contributed by atoms with E-state index in [1.165, 1.54) is 11.1 Å². The second kappa shape index (κ2) is 5.20. The number of nitriles is 2. The Morgan fingerprint density at radius 2 is 1.68 bits per heavy atom. The van der Waals surface area contributed by atoms with Gasteiger partial charge in [0, 0.05) is 5.57 Å². The fourth-order valence-corrected chi connectivity index (χ4v) is 4.49. The number of benzene rings is 2. The Morgan fingerprint density at radius 3 is 2.32 bits per heavy atom. The molecule has 120 valence electrons. The summed E-state index contributed by atoms with van der Waals surface area (Å²) in [6, 6.07) is 19.2. The van der Waals surface area contributed by atoms with Crippen LogP contribution < -0.4 is 0 Å². The first-order valence-electron chi connectivity index (χ1n) is 8.48. The lowest BCUT2D eigenvalue weighted by Gasteiger charge is -2.36. The maximum Gasteiger partial charge on any atom is 0.0997 e. The van der Waals surface area contributed by atoms with Crippen molar-refractivity contribution in [3.63, 3.8) is 0 Å². The first-order chi connectivity index (χ1) is 12.0. The molecule has 2 aliphatic rings. The lowest BCUT2D eigenvalue weighted by atomic mass is 9.65. The van der Waals surface area contributed by atoms with Crippen LogP contribution in [0.25, 0.3) is 11.1 Å².